The van der Waals surface area contributed by atoms with Crippen LogP contribution in [-0.4, -0.2) is 43.3 Å². The zero-order valence-corrected chi connectivity index (χ0v) is 12.4. The van der Waals surface area contributed by atoms with Crippen LogP contribution in [0.5, 0.6) is 0 Å². The highest BCUT2D eigenvalue weighted by atomic mass is 19.4. The standard InChI is InChI=1S/C15H27F3N2/c1-2-19-11-12-6-8-20(9-7-12)14-5-3-4-13(10-14)15(16,17)18/h12-14,19H,2-11H2,1H3. The highest BCUT2D eigenvalue weighted by Crippen LogP contribution is 2.39. The number of alkyl halides is 3. The monoisotopic (exact) mass is 292 g/mol. The third-order valence-electron chi connectivity index (χ3n) is 4.96. The molecule has 1 saturated heterocycles. The lowest BCUT2D eigenvalue weighted by Gasteiger charge is -2.41. The third kappa shape index (κ3) is 4.35. The van der Waals surface area contributed by atoms with Crippen molar-refractivity contribution in [3.05, 3.63) is 0 Å². The maximum atomic E-state index is 12.9. The van der Waals surface area contributed by atoms with Gasteiger partial charge in [-0.1, -0.05) is 13.3 Å². The lowest BCUT2D eigenvalue weighted by atomic mass is 9.83. The van der Waals surface area contributed by atoms with Gasteiger partial charge in [0.1, 0.15) is 0 Å². The number of rotatable bonds is 4. The van der Waals surface area contributed by atoms with Crippen LogP contribution in [0.2, 0.25) is 0 Å². The van der Waals surface area contributed by atoms with Gasteiger partial charge in [-0.25, -0.2) is 0 Å². The first-order valence-electron chi connectivity index (χ1n) is 8.02. The van der Waals surface area contributed by atoms with E-state index in [2.05, 4.69) is 17.1 Å². The predicted molar refractivity (Wildman–Crippen MR) is 74.6 cm³/mol. The van der Waals surface area contributed by atoms with Gasteiger partial charge in [0.25, 0.3) is 0 Å². The highest BCUT2D eigenvalue weighted by Gasteiger charge is 2.43. The molecule has 0 radical (unpaired) electrons. The molecule has 0 aromatic heterocycles. The van der Waals surface area contributed by atoms with E-state index in [1.807, 2.05) is 0 Å². The minimum Gasteiger partial charge on any atom is -0.317 e. The van der Waals surface area contributed by atoms with Crippen molar-refractivity contribution in [2.45, 2.75) is 57.7 Å². The molecule has 118 valence electrons. The van der Waals surface area contributed by atoms with Crippen molar-refractivity contribution >= 4 is 0 Å². The van der Waals surface area contributed by atoms with Crippen LogP contribution in [-0.2, 0) is 0 Å². The van der Waals surface area contributed by atoms with E-state index in [-0.39, 0.29) is 6.04 Å². The van der Waals surface area contributed by atoms with Gasteiger partial charge >= 0.3 is 6.18 Å². The second-order valence-electron chi connectivity index (χ2n) is 6.35. The molecular formula is C15H27F3N2. The Kier molecular flexibility index (Phi) is 5.73. The molecule has 2 nitrogen and oxygen atoms in total. The quantitative estimate of drug-likeness (QED) is 0.854. The normalized spacial score (nSPS) is 30.6. The van der Waals surface area contributed by atoms with Crippen molar-refractivity contribution < 1.29 is 13.2 Å². The first-order chi connectivity index (χ1) is 9.50. The minimum absolute atomic E-state index is 0.162. The molecule has 0 aromatic carbocycles. The molecule has 5 heteroatoms. The number of hydrogen-bond donors (Lipinski definition) is 1. The zero-order valence-electron chi connectivity index (χ0n) is 12.4. The number of likely N-dealkylation sites (tertiary alicyclic amines) is 1. The molecule has 1 aliphatic carbocycles. The summed E-state index contributed by atoms with van der Waals surface area (Å²) in [6.07, 6.45) is 0.581. The minimum atomic E-state index is -4.00. The van der Waals surface area contributed by atoms with Gasteiger partial charge in [-0.3, -0.25) is 0 Å². The predicted octanol–water partition coefficient (Wildman–Crippen LogP) is 3.43. The summed E-state index contributed by atoms with van der Waals surface area (Å²) in [6.45, 7) is 6.11. The van der Waals surface area contributed by atoms with Crippen LogP contribution in [0.3, 0.4) is 0 Å². The molecule has 2 rings (SSSR count). The SMILES string of the molecule is CCNCC1CCN(C2CCCC(C(F)(F)F)C2)CC1. The van der Waals surface area contributed by atoms with E-state index in [0.29, 0.717) is 18.8 Å². The zero-order chi connectivity index (χ0) is 14.6. The summed E-state index contributed by atoms with van der Waals surface area (Å²) in [5.74, 6) is -0.367. The lowest BCUT2D eigenvalue weighted by molar-refractivity contribution is -0.187. The van der Waals surface area contributed by atoms with Gasteiger partial charge in [0.05, 0.1) is 5.92 Å². The summed E-state index contributed by atoms with van der Waals surface area (Å²) in [4.78, 5) is 2.32. The number of nitrogens with one attached hydrogen (secondary N) is 1. The molecule has 1 heterocycles. The Hall–Kier alpha value is -0.290. The van der Waals surface area contributed by atoms with Crippen LogP contribution in [0.15, 0.2) is 0 Å². The van der Waals surface area contributed by atoms with Gasteiger partial charge in [0.15, 0.2) is 0 Å². The maximum Gasteiger partial charge on any atom is 0.391 e. The van der Waals surface area contributed by atoms with Gasteiger partial charge in [0.2, 0.25) is 0 Å². The van der Waals surface area contributed by atoms with Crippen LogP contribution in [0.1, 0.15) is 45.4 Å². The molecule has 0 aromatic rings. The fourth-order valence-corrected chi connectivity index (χ4v) is 3.66. The summed E-state index contributed by atoms with van der Waals surface area (Å²) in [5, 5.41) is 3.37. The first kappa shape index (κ1) is 16.1. The smallest absolute Gasteiger partial charge is 0.317 e. The van der Waals surface area contributed by atoms with Gasteiger partial charge in [-0.2, -0.15) is 13.2 Å². The van der Waals surface area contributed by atoms with Crippen LogP contribution >= 0.6 is 0 Å². The summed E-state index contributed by atoms with van der Waals surface area (Å²) >= 11 is 0. The first-order valence-corrected chi connectivity index (χ1v) is 8.02. The molecule has 1 saturated carbocycles. The highest BCUT2D eigenvalue weighted by molar-refractivity contribution is 4.86. The van der Waals surface area contributed by atoms with Gasteiger partial charge in [-0.15, -0.1) is 0 Å². The summed E-state index contributed by atoms with van der Waals surface area (Å²) in [6, 6.07) is 0.162. The Morgan fingerprint density at radius 3 is 2.40 bits per heavy atom. The number of piperidine rings is 1. The molecule has 1 N–H and O–H groups in total. The lowest BCUT2D eigenvalue weighted by Crippen LogP contribution is -2.46. The van der Waals surface area contributed by atoms with E-state index in [9.17, 15) is 13.2 Å². The molecule has 0 amide bonds. The molecule has 0 bridgehead atoms. The average molecular weight is 292 g/mol. The summed E-state index contributed by atoms with van der Waals surface area (Å²) in [7, 11) is 0. The van der Waals surface area contributed by atoms with E-state index in [1.54, 1.807) is 0 Å². The molecule has 2 fully saturated rings. The molecule has 1 aliphatic heterocycles. The van der Waals surface area contributed by atoms with Crippen molar-refractivity contribution in [3.8, 4) is 0 Å². The fraction of sp³-hybridized carbons (Fsp3) is 1.00. The number of nitrogens with zero attached hydrogens (tertiary/aromatic N) is 1. The van der Waals surface area contributed by atoms with Crippen molar-refractivity contribution in [2.75, 3.05) is 26.2 Å². The number of hydrogen-bond acceptors (Lipinski definition) is 2. The third-order valence-corrected chi connectivity index (χ3v) is 4.96. The van der Waals surface area contributed by atoms with Gasteiger partial charge in [0, 0.05) is 6.04 Å². The second-order valence-corrected chi connectivity index (χ2v) is 6.35. The van der Waals surface area contributed by atoms with E-state index < -0.39 is 12.1 Å². The Labute approximate surface area is 120 Å². The maximum absolute atomic E-state index is 12.9. The van der Waals surface area contributed by atoms with Crippen LogP contribution < -0.4 is 5.32 Å². The van der Waals surface area contributed by atoms with Gasteiger partial charge in [-0.05, 0) is 64.2 Å². The largest absolute Gasteiger partial charge is 0.391 e. The molecule has 0 spiro atoms. The number of halogens is 3. The molecular weight excluding hydrogens is 265 g/mol. The van der Waals surface area contributed by atoms with E-state index in [0.717, 1.165) is 51.9 Å². The van der Waals surface area contributed by atoms with Crippen molar-refractivity contribution in [1.29, 1.82) is 0 Å². The van der Waals surface area contributed by atoms with Crippen molar-refractivity contribution in [1.82, 2.24) is 10.2 Å². The van der Waals surface area contributed by atoms with Crippen LogP contribution in [0, 0.1) is 11.8 Å². The van der Waals surface area contributed by atoms with Crippen LogP contribution in [0.25, 0.3) is 0 Å². The van der Waals surface area contributed by atoms with Gasteiger partial charge < -0.3 is 10.2 Å². The summed E-state index contributed by atoms with van der Waals surface area (Å²) in [5.41, 5.74) is 0. The molecule has 2 atom stereocenters. The molecule has 2 unspecified atom stereocenters. The molecule has 20 heavy (non-hydrogen) atoms. The summed E-state index contributed by atoms with van der Waals surface area (Å²) < 4.78 is 38.6. The van der Waals surface area contributed by atoms with Crippen molar-refractivity contribution in [3.63, 3.8) is 0 Å². The van der Waals surface area contributed by atoms with E-state index in [4.69, 9.17) is 0 Å². The Balaban J connectivity index is 1.78. The Morgan fingerprint density at radius 2 is 1.80 bits per heavy atom. The fourth-order valence-electron chi connectivity index (χ4n) is 3.66. The average Bonchev–Trinajstić information content (AvgIpc) is 2.45. The van der Waals surface area contributed by atoms with Crippen LogP contribution in [0.4, 0.5) is 13.2 Å². The van der Waals surface area contributed by atoms with E-state index in [1.165, 1.54) is 0 Å². The second kappa shape index (κ2) is 7.12. The van der Waals surface area contributed by atoms with Crippen molar-refractivity contribution in [2.24, 2.45) is 11.8 Å². The Morgan fingerprint density at radius 1 is 1.10 bits per heavy atom. The topological polar surface area (TPSA) is 15.3 Å². The molecule has 2 aliphatic rings. The Bertz CT molecular complexity index is 285. The van der Waals surface area contributed by atoms with E-state index >= 15 is 0 Å².